The summed E-state index contributed by atoms with van der Waals surface area (Å²) in [5, 5.41) is 3.63. The Kier molecular flexibility index (Phi) is 5.20. The normalized spacial score (nSPS) is 11.9. The predicted octanol–water partition coefficient (Wildman–Crippen LogP) is 4.90. The maximum atomic E-state index is 13.9. The Bertz CT molecular complexity index is 1250. The first-order valence-corrected chi connectivity index (χ1v) is 9.97. The second-order valence-electron chi connectivity index (χ2n) is 6.80. The number of rotatable bonds is 5. The summed E-state index contributed by atoms with van der Waals surface area (Å²) >= 11 is 1.20. The van der Waals surface area contributed by atoms with Crippen LogP contribution in [0, 0.1) is 0 Å². The molecule has 150 valence electrons. The summed E-state index contributed by atoms with van der Waals surface area (Å²) in [6.45, 7) is 0. The van der Waals surface area contributed by atoms with Crippen LogP contribution in [-0.2, 0) is 4.79 Å². The molecule has 0 aliphatic heterocycles. The highest BCUT2D eigenvalue weighted by molar-refractivity contribution is 7.20. The van der Waals surface area contributed by atoms with Crippen molar-refractivity contribution >= 4 is 44.6 Å². The monoisotopic (exact) mass is 419 g/mol. The van der Waals surface area contributed by atoms with Gasteiger partial charge in [-0.3, -0.25) is 9.59 Å². The van der Waals surface area contributed by atoms with Crippen molar-refractivity contribution in [2.45, 2.75) is 6.17 Å². The van der Waals surface area contributed by atoms with Gasteiger partial charge >= 0.3 is 0 Å². The fraction of sp³-hybridized carbons (Fsp3) is 0.0435. The molecule has 1 heterocycles. The number of nitrogen functional groups attached to an aromatic ring is 1. The number of anilines is 2. The zero-order chi connectivity index (χ0) is 21.3. The lowest BCUT2D eigenvalue weighted by atomic mass is 10.0. The number of nitrogens with one attached hydrogen (secondary N) is 1. The summed E-state index contributed by atoms with van der Waals surface area (Å²) in [7, 11) is 0. The average molecular weight is 419 g/mol. The van der Waals surface area contributed by atoms with Crippen LogP contribution in [0.5, 0.6) is 0 Å². The van der Waals surface area contributed by atoms with Gasteiger partial charge < -0.3 is 16.8 Å². The Morgan fingerprint density at radius 3 is 2.43 bits per heavy atom. The number of benzene rings is 3. The van der Waals surface area contributed by atoms with E-state index in [0.29, 0.717) is 21.0 Å². The third-order valence-electron chi connectivity index (χ3n) is 4.72. The van der Waals surface area contributed by atoms with Crippen molar-refractivity contribution in [3.05, 3.63) is 83.2 Å². The number of carbonyl (C=O) groups is 2. The van der Waals surface area contributed by atoms with E-state index in [-0.39, 0.29) is 11.5 Å². The number of amides is 2. The molecule has 0 radical (unpaired) electrons. The molecular formula is C23H18FN3O2S. The first-order chi connectivity index (χ1) is 14.4. The smallest absolute Gasteiger partial charge is 0.265 e. The summed E-state index contributed by atoms with van der Waals surface area (Å²) in [4.78, 5) is 24.3. The first kappa shape index (κ1) is 19.6. The summed E-state index contributed by atoms with van der Waals surface area (Å²) < 4.78 is 14.6. The van der Waals surface area contributed by atoms with E-state index in [1.807, 2.05) is 42.5 Å². The van der Waals surface area contributed by atoms with E-state index < -0.39 is 12.1 Å². The van der Waals surface area contributed by atoms with Crippen LogP contribution in [0.25, 0.3) is 21.2 Å². The Hall–Kier alpha value is -3.71. The van der Waals surface area contributed by atoms with Crippen molar-refractivity contribution in [1.29, 1.82) is 0 Å². The van der Waals surface area contributed by atoms with Crippen molar-refractivity contribution in [1.82, 2.24) is 0 Å². The van der Waals surface area contributed by atoms with E-state index >= 15 is 0 Å². The van der Waals surface area contributed by atoms with Crippen LogP contribution in [0.2, 0.25) is 0 Å². The van der Waals surface area contributed by atoms with Crippen molar-refractivity contribution in [2.24, 2.45) is 5.73 Å². The zero-order valence-corrected chi connectivity index (χ0v) is 16.6. The number of primary amides is 1. The Labute approximate surface area is 176 Å². The summed E-state index contributed by atoms with van der Waals surface area (Å²) in [5.74, 6) is -1.36. The lowest BCUT2D eigenvalue weighted by molar-refractivity contribution is -0.122. The molecule has 30 heavy (non-hydrogen) atoms. The van der Waals surface area contributed by atoms with Gasteiger partial charge in [0.05, 0.1) is 16.3 Å². The maximum absolute atomic E-state index is 13.9. The number of halogens is 1. The molecule has 5 N–H and O–H groups in total. The molecule has 1 atom stereocenters. The van der Waals surface area contributed by atoms with Crippen molar-refractivity contribution in [2.75, 3.05) is 11.1 Å². The zero-order valence-electron chi connectivity index (χ0n) is 15.8. The van der Waals surface area contributed by atoms with Crippen molar-refractivity contribution in [3.8, 4) is 11.1 Å². The number of hydrogen-bond donors (Lipinski definition) is 3. The number of carbonyl (C=O) groups excluding carboxylic acids is 2. The van der Waals surface area contributed by atoms with E-state index in [4.69, 9.17) is 11.5 Å². The molecule has 4 rings (SSSR count). The molecule has 0 bridgehead atoms. The van der Waals surface area contributed by atoms with Gasteiger partial charge in [-0.2, -0.15) is 0 Å². The van der Waals surface area contributed by atoms with Crippen LogP contribution in [0.1, 0.15) is 21.4 Å². The van der Waals surface area contributed by atoms with E-state index in [9.17, 15) is 14.0 Å². The standard InChI is InChI=1S/C23H18FN3O2S/c24-21(22(26)28)16-7-6-15-11-20(30-19(15)12-16)23(29)27-18-10-14(8-9-17(18)25)13-4-2-1-3-5-13/h1-12,21H,25H2,(H2,26,28)(H,27,29). The second-order valence-corrected chi connectivity index (χ2v) is 7.88. The van der Waals surface area contributed by atoms with Gasteiger partial charge in [-0.15, -0.1) is 11.3 Å². The third kappa shape index (κ3) is 3.88. The van der Waals surface area contributed by atoms with Crippen LogP contribution in [-0.4, -0.2) is 11.8 Å². The molecule has 5 nitrogen and oxygen atoms in total. The van der Waals surface area contributed by atoms with E-state index in [1.54, 1.807) is 18.2 Å². The van der Waals surface area contributed by atoms with Crippen LogP contribution < -0.4 is 16.8 Å². The Morgan fingerprint density at radius 1 is 0.933 bits per heavy atom. The van der Waals surface area contributed by atoms with Gasteiger partial charge in [0.2, 0.25) is 6.17 Å². The molecule has 7 heteroatoms. The lowest BCUT2D eigenvalue weighted by Crippen LogP contribution is -2.17. The minimum absolute atomic E-state index is 0.170. The number of alkyl halides is 1. The van der Waals surface area contributed by atoms with E-state index in [2.05, 4.69) is 5.32 Å². The maximum Gasteiger partial charge on any atom is 0.265 e. The molecule has 0 spiro atoms. The van der Waals surface area contributed by atoms with Crippen molar-refractivity contribution in [3.63, 3.8) is 0 Å². The Morgan fingerprint density at radius 2 is 1.70 bits per heavy atom. The van der Waals surface area contributed by atoms with Crippen molar-refractivity contribution < 1.29 is 14.0 Å². The quantitative estimate of drug-likeness (QED) is 0.401. The molecule has 3 aromatic carbocycles. The molecule has 0 aliphatic carbocycles. The van der Waals surface area contributed by atoms with Gasteiger partial charge in [-0.1, -0.05) is 48.5 Å². The SMILES string of the molecule is NC(=O)C(F)c1ccc2cc(C(=O)Nc3cc(-c4ccccc4)ccc3N)sc2c1. The van der Waals surface area contributed by atoms with Crippen LogP contribution in [0.4, 0.5) is 15.8 Å². The summed E-state index contributed by atoms with van der Waals surface area (Å²) in [6, 6.07) is 21.7. The highest BCUT2D eigenvalue weighted by Crippen LogP contribution is 2.31. The van der Waals surface area contributed by atoms with Gasteiger partial charge in [0.15, 0.2) is 0 Å². The van der Waals surface area contributed by atoms with E-state index in [1.165, 1.54) is 23.5 Å². The van der Waals surface area contributed by atoms with E-state index in [0.717, 1.165) is 16.5 Å². The highest BCUT2D eigenvalue weighted by atomic mass is 32.1. The van der Waals surface area contributed by atoms with Crippen LogP contribution >= 0.6 is 11.3 Å². The number of fused-ring (bicyclic) bond motifs is 1. The van der Waals surface area contributed by atoms with Crippen LogP contribution in [0.3, 0.4) is 0 Å². The molecule has 1 unspecified atom stereocenters. The highest BCUT2D eigenvalue weighted by Gasteiger charge is 2.18. The lowest BCUT2D eigenvalue weighted by Gasteiger charge is -2.10. The minimum Gasteiger partial charge on any atom is -0.397 e. The van der Waals surface area contributed by atoms with Gasteiger partial charge in [-0.25, -0.2) is 4.39 Å². The summed E-state index contributed by atoms with van der Waals surface area (Å²) in [5.41, 5.74) is 14.2. The fourth-order valence-electron chi connectivity index (χ4n) is 3.14. The number of thiophene rings is 1. The average Bonchev–Trinajstić information content (AvgIpc) is 3.19. The largest absolute Gasteiger partial charge is 0.397 e. The fourth-order valence-corrected chi connectivity index (χ4v) is 4.15. The topological polar surface area (TPSA) is 98.2 Å². The first-order valence-electron chi connectivity index (χ1n) is 9.15. The van der Waals surface area contributed by atoms with Gasteiger partial charge in [-0.05, 0) is 46.3 Å². The van der Waals surface area contributed by atoms with Crippen LogP contribution in [0.15, 0.2) is 72.8 Å². The van der Waals surface area contributed by atoms with Gasteiger partial charge in [0.25, 0.3) is 11.8 Å². The molecule has 0 fully saturated rings. The molecule has 0 aliphatic rings. The molecule has 0 saturated carbocycles. The van der Waals surface area contributed by atoms with Gasteiger partial charge in [0, 0.05) is 4.70 Å². The number of nitrogens with two attached hydrogens (primary N) is 2. The van der Waals surface area contributed by atoms with Gasteiger partial charge in [0.1, 0.15) is 0 Å². The summed E-state index contributed by atoms with van der Waals surface area (Å²) in [6.07, 6.45) is -1.88. The third-order valence-corrected chi connectivity index (χ3v) is 5.82. The molecule has 1 aromatic heterocycles. The molecule has 2 amide bonds. The minimum atomic E-state index is -1.88. The molecule has 4 aromatic rings. The second kappa shape index (κ2) is 7.96. The molecule has 0 saturated heterocycles. The predicted molar refractivity (Wildman–Crippen MR) is 119 cm³/mol. The number of hydrogen-bond acceptors (Lipinski definition) is 4. The Balaban J connectivity index is 1.61. The molecular weight excluding hydrogens is 401 g/mol.